The van der Waals surface area contributed by atoms with Crippen LogP contribution in [0.3, 0.4) is 0 Å². The Morgan fingerprint density at radius 3 is 2.32 bits per heavy atom. The molecule has 2 heterocycles. The van der Waals surface area contributed by atoms with Crippen molar-refractivity contribution in [2.75, 3.05) is 33.9 Å². The second kappa shape index (κ2) is 11.8. The Hall–Kier alpha value is -3.53. The van der Waals surface area contributed by atoms with Crippen LogP contribution < -0.4 is 4.74 Å². The normalized spacial score (nSPS) is 18.4. The Bertz CT molecular complexity index is 1410. The minimum absolute atomic E-state index is 0.0202. The van der Waals surface area contributed by atoms with Crippen LogP contribution in [0.15, 0.2) is 42.6 Å². The average molecular weight is 575 g/mol. The molecule has 3 aromatic rings. The highest BCUT2D eigenvalue weighted by atomic mass is 19.4. The van der Waals surface area contributed by atoms with Crippen molar-refractivity contribution in [3.05, 3.63) is 64.8 Å². The van der Waals surface area contributed by atoms with E-state index in [0.29, 0.717) is 36.2 Å². The number of hydrogen-bond donors (Lipinski definition) is 0. The largest absolute Gasteiger partial charge is 0.496 e. The number of benzene rings is 2. The maximum absolute atomic E-state index is 13.3. The van der Waals surface area contributed by atoms with Gasteiger partial charge in [0.15, 0.2) is 0 Å². The molecule has 10 heteroatoms. The summed E-state index contributed by atoms with van der Waals surface area (Å²) < 4.78 is 57.7. The molecule has 0 amide bonds. The van der Waals surface area contributed by atoms with Gasteiger partial charge in [-0.3, -0.25) is 9.47 Å². The highest BCUT2D eigenvalue weighted by Crippen LogP contribution is 2.41. The number of methoxy groups -OCH3 is 2. The topological polar surface area (TPSA) is 70.0 Å². The van der Waals surface area contributed by atoms with E-state index in [1.54, 1.807) is 58.3 Å². The standard InChI is InChI=1S/C31H37F3N2O5/c1-19-15-26(39-5)24(23-12-14-36(27(19)23)29(38)41-30(2,3)4)16-22-11-13-35(18-31(32,33)34)17-25(22)20-7-9-21(10-8-20)28(37)40-6/h7-10,12,14-15,22,25H,11,13,16-18H2,1-6H3/t22-,25-/m1/s1. The molecule has 1 saturated heterocycles. The van der Waals surface area contributed by atoms with Gasteiger partial charge in [-0.25, -0.2) is 9.59 Å². The first kappa shape index (κ1) is 30.4. The van der Waals surface area contributed by atoms with E-state index in [1.807, 2.05) is 19.1 Å². The Labute approximate surface area is 238 Å². The minimum atomic E-state index is -4.30. The molecule has 7 nitrogen and oxygen atoms in total. The van der Waals surface area contributed by atoms with Gasteiger partial charge in [-0.05, 0) is 94.3 Å². The van der Waals surface area contributed by atoms with E-state index >= 15 is 0 Å². The molecule has 222 valence electrons. The van der Waals surface area contributed by atoms with Crippen LogP contribution in [0.25, 0.3) is 10.9 Å². The zero-order valence-electron chi connectivity index (χ0n) is 24.3. The van der Waals surface area contributed by atoms with Crippen LogP contribution in [0.4, 0.5) is 18.0 Å². The third-order valence-electron chi connectivity index (χ3n) is 7.51. The number of carbonyl (C=O) groups excluding carboxylic acids is 2. The van der Waals surface area contributed by atoms with Crippen molar-refractivity contribution in [2.24, 2.45) is 5.92 Å². The zero-order chi connectivity index (χ0) is 30.1. The smallest absolute Gasteiger partial charge is 0.419 e. The number of aryl methyl sites for hydroxylation is 1. The van der Waals surface area contributed by atoms with Gasteiger partial charge in [0.05, 0.1) is 31.8 Å². The number of halogens is 3. The molecular weight excluding hydrogens is 537 g/mol. The number of carbonyl (C=O) groups is 2. The fraction of sp³-hybridized carbons (Fsp3) is 0.484. The summed E-state index contributed by atoms with van der Waals surface area (Å²) in [6.07, 6.45) is -2.05. The van der Waals surface area contributed by atoms with E-state index in [-0.39, 0.29) is 18.4 Å². The van der Waals surface area contributed by atoms with Crippen LogP contribution in [0.1, 0.15) is 60.2 Å². The molecular formula is C31H37F3N2O5. The second-order valence-electron chi connectivity index (χ2n) is 11.6. The summed E-state index contributed by atoms with van der Waals surface area (Å²) in [6, 6.07) is 10.6. The fourth-order valence-electron chi connectivity index (χ4n) is 5.75. The average Bonchev–Trinajstić information content (AvgIpc) is 3.35. The number of piperidine rings is 1. The minimum Gasteiger partial charge on any atom is -0.496 e. The van der Waals surface area contributed by atoms with Gasteiger partial charge in [0.2, 0.25) is 0 Å². The van der Waals surface area contributed by atoms with Gasteiger partial charge in [0.1, 0.15) is 11.4 Å². The number of nitrogens with zero attached hydrogens (tertiary/aromatic N) is 2. The van der Waals surface area contributed by atoms with Crippen molar-refractivity contribution in [3.63, 3.8) is 0 Å². The zero-order valence-corrected chi connectivity index (χ0v) is 24.3. The van der Waals surface area contributed by atoms with Crippen LogP contribution in [-0.2, 0) is 15.9 Å². The predicted octanol–water partition coefficient (Wildman–Crippen LogP) is 6.74. The molecule has 0 saturated carbocycles. The first-order chi connectivity index (χ1) is 19.2. The molecule has 0 N–H and O–H groups in total. The lowest BCUT2D eigenvalue weighted by atomic mass is 9.76. The van der Waals surface area contributed by atoms with Gasteiger partial charge in [-0.15, -0.1) is 0 Å². The van der Waals surface area contributed by atoms with E-state index in [2.05, 4.69) is 0 Å². The van der Waals surface area contributed by atoms with Gasteiger partial charge in [-0.1, -0.05) is 12.1 Å². The summed E-state index contributed by atoms with van der Waals surface area (Å²) in [6.45, 7) is 6.86. The molecule has 0 unspecified atom stereocenters. The summed E-state index contributed by atoms with van der Waals surface area (Å²) in [7, 11) is 2.89. The number of rotatable bonds is 6. The maximum atomic E-state index is 13.3. The van der Waals surface area contributed by atoms with Crippen molar-refractivity contribution in [1.29, 1.82) is 0 Å². The fourth-order valence-corrected chi connectivity index (χ4v) is 5.75. The number of aromatic nitrogens is 1. The molecule has 0 bridgehead atoms. The van der Waals surface area contributed by atoms with Crippen LogP contribution in [0.5, 0.6) is 5.75 Å². The summed E-state index contributed by atoms with van der Waals surface area (Å²) in [4.78, 5) is 26.4. The molecule has 0 radical (unpaired) electrons. The molecule has 1 fully saturated rings. The number of fused-ring (bicyclic) bond motifs is 1. The Kier molecular flexibility index (Phi) is 8.73. The van der Waals surface area contributed by atoms with Crippen LogP contribution in [-0.4, -0.2) is 67.2 Å². The second-order valence-corrected chi connectivity index (χ2v) is 11.6. The van der Waals surface area contributed by atoms with Crippen molar-refractivity contribution >= 4 is 23.0 Å². The van der Waals surface area contributed by atoms with Gasteiger partial charge >= 0.3 is 18.2 Å². The van der Waals surface area contributed by atoms with Gasteiger partial charge in [0, 0.05) is 23.7 Å². The third-order valence-corrected chi connectivity index (χ3v) is 7.51. The van der Waals surface area contributed by atoms with E-state index in [4.69, 9.17) is 14.2 Å². The van der Waals surface area contributed by atoms with Crippen molar-refractivity contribution in [1.82, 2.24) is 9.47 Å². The molecule has 4 rings (SSSR count). The Balaban J connectivity index is 1.73. The predicted molar refractivity (Wildman–Crippen MR) is 150 cm³/mol. The first-order valence-corrected chi connectivity index (χ1v) is 13.6. The van der Waals surface area contributed by atoms with E-state index < -0.39 is 30.4 Å². The maximum Gasteiger partial charge on any atom is 0.419 e. The van der Waals surface area contributed by atoms with Crippen LogP contribution in [0.2, 0.25) is 0 Å². The van der Waals surface area contributed by atoms with Gasteiger partial charge in [0.25, 0.3) is 0 Å². The highest BCUT2D eigenvalue weighted by Gasteiger charge is 2.37. The molecule has 41 heavy (non-hydrogen) atoms. The lowest BCUT2D eigenvalue weighted by Crippen LogP contribution is -2.44. The molecule has 2 aromatic carbocycles. The first-order valence-electron chi connectivity index (χ1n) is 13.6. The lowest BCUT2D eigenvalue weighted by molar-refractivity contribution is -0.149. The number of ether oxygens (including phenoxy) is 3. The highest BCUT2D eigenvalue weighted by molar-refractivity contribution is 5.95. The lowest BCUT2D eigenvalue weighted by Gasteiger charge is -2.39. The van der Waals surface area contributed by atoms with E-state index in [1.165, 1.54) is 16.6 Å². The van der Waals surface area contributed by atoms with Crippen LogP contribution >= 0.6 is 0 Å². The van der Waals surface area contributed by atoms with Crippen molar-refractivity contribution < 1.29 is 37.0 Å². The van der Waals surface area contributed by atoms with E-state index in [9.17, 15) is 22.8 Å². The molecule has 2 atom stereocenters. The molecule has 0 spiro atoms. The Morgan fingerprint density at radius 2 is 1.73 bits per heavy atom. The SMILES string of the molecule is COC(=O)c1ccc([C@H]2CN(CC(F)(F)F)CC[C@@H]2Cc2c(OC)cc(C)c3c2ccn3C(=O)OC(C)(C)C)cc1. The molecule has 0 aliphatic carbocycles. The summed E-state index contributed by atoms with van der Waals surface area (Å²) in [5.74, 6) is -0.0638. The summed E-state index contributed by atoms with van der Waals surface area (Å²) in [5.41, 5.74) is 3.00. The number of likely N-dealkylation sites (tertiary alicyclic amines) is 1. The molecule has 1 aromatic heterocycles. The quantitative estimate of drug-likeness (QED) is 0.304. The number of hydrogen-bond acceptors (Lipinski definition) is 6. The molecule has 1 aliphatic heterocycles. The van der Waals surface area contributed by atoms with Crippen molar-refractivity contribution in [3.8, 4) is 5.75 Å². The van der Waals surface area contributed by atoms with Gasteiger partial charge in [-0.2, -0.15) is 13.2 Å². The number of esters is 1. The van der Waals surface area contributed by atoms with E-state index in [0.717, 1.165) is 22.1 Å². The van der Waals surface area contributed by atoms with Gasteiger partial charge < -0.3 is 14.2 Å². The number of alkyl halides is 3. The van der Waals surface area contributed by atoms with Crippen LogP contribution in [0, 0.1) is 12.8 Å². The third kappa shape index (κ3) is 7.04. The van der Waals surface area contributed by atoms with Crippen molar-refractivity contribution in [2.45, 2.75) is 58.2 Å². The Morgan fingerprint density at radius 1 is 1.05 bits per heavy atom. The summed E-state index contributed by atoms with van der Waals surface area (Å²) in [5, 5.41) is 0.838. The monoisotopic (exact) mass is 574 g/mol. The summed E-state index contributed by atoms with van der Waals surface area (Å²) >= 11 is 0. The molecule has 1 aliphatic rings.